The van der Waals surface area contributed by atoms with E-state index >= 15 is 0 Å². The van der Waals surface area contributed by atoms with E-state index in [1.54, 1.807) is 14.2 Å². The van der Waals surface area contributed by atoms with Gasteiger partial charge in [-0.15, -0.1) is 0 Å². The van der Waals surface area contributed by atoms with Crippen LogP contribution in [0.4, 0.5) is 0 Å². The molecule has 1 aliphatic heterocycles. The van der Waals surface area contributed by atoms with Gasteiger partial charge in [0.25, 0.3) is 0 Å². The quantitative estimate of drug-likeness (QED) is 0.724. The van der Waals surface area contributed by atoms with Crippen molar-refractivity contribution in [3.05, 3.63) is 58.6 Å². The lowest BCUT2D eigenvalue weighted by molar-refractivity contribution is -0.127. The number of halogens is 1. The van der Waals surface area contributed by atoms with Crippen molar-refractivity contribution in [3.63, 3.8) is 0 Å². The monoisotopic (exact) mass is 416 g/mol. The van der Waals surface area contributed by atoms with E-state index in [1.165, 1.54) is 0 Å². The molecule has 0 aliphatic carbocycles. The van der Waals surface area contributed by atoms with Crippen LogP contribution < -0.4 is 14.8 Å². The van der Waals surface area contributed by atoms with Gasteiger partial charge in [-0.3, -0.25) is 9.69 Å². The maximum Gasteiger partial charge on any atom is 0.224 e. The highest BCUT2D eigenvalue weighted by Crippen LogP contribution is 2.30. The molecule has 1 fully saturated rings. The Morgan fingerprint density at radius 2 is 2.03 bits per heavy atom. The minimum absolute atomic E-state index is 0.0368. The van der Waals surface area contributed by atoms with Gasteiger partial charge in [-0.1, -0.05) is 29.8 Å². The average Bonchev–Trinajstić information content (AvgIpc) is 2.75. The second-order valence-corrected chi connectivity index (χ2v) is 7.91. The van der Waals surface area contributed by atoms with Crippen molar-refractivity contribution in [2.75, 3.05) is 27.3 Å². The molecule has 1 saturated heterocycles. The first-order valence-electron chi connectivity index (χ1n) is 10.00. The lowest BCUT2D eigenvalue weighted by Gasteiger charge is -2.33. The fourth-order valence-electron chi connectivity index (χ4n) is 3.87. The predicted molar refractivity (Wildman–Crippen MR) is 116 cm³/mol. The average molecular weight is 417 g/mol. The number of hydrogen-bond donors (Lipinski definition) is 1. The Kier molecular flexibility index (Phi) is 7.40. The summed E-state index contributed by atoms with van der Waals surface area (Å²) in [5, 5.41) is 3.94. The number of likely N-dealkylation sites (tertiary alicyclic amines) is 1. The highest BCUT2D eigenvalue weighted by molar-refractivity contribution is 6.31. The second kappa shape index (κ2) is 9.99. The molecule has 1 amide bonds. The lowest BCUT2D eigenvalue weighted by Crippen LogP contribution is -2.43. The molecule has 0 radical (unpaired) electrons. The molecule has 0 saturated carbocycles. The number of nitrogens with one attached hydrogen (secondary N) is 1. The van der Waals surface area contributed by atoms with Gasteiger partial charge in [0.05, 0.1) is 26.2 Å². The summed E-state index contributed by atoms with van der Waals surface area (Å²) in [6.07, 6.45) is 1.90. The lowest BCUT2D eigenvalue weighted by atomic mass is 9.95. The van der Waals surface area contributed by atoms with Gasteiger partial charge in [-0.2, -0.15) is 0 Å². The van der Waals surface area contributed by atoms with Crippen molar-refractivity contribution < 1.29 is 14.3 Å². The molecule has 1 aliphatic rings. The number of nitrogens with zero attached hydrogens (tertiary/aromatic N) is 1. The third-order valence-corrected chi connectivity index (χ3v) is 5.86. The fraction of sp³-hybridized carbons (Fsp3) is 0.435. The van der Waals surface area contributed by atoms with Crippen LogP contribution in [-0.2, 0) is 11.3 Å². The molecule has 0 unspecified atom stereocenters. The van der Waals surface area contributed by atoms with Crippen molar-refractivity contribution in [1.82, 2.24) is 10.2 Å². The maximum atomic E-state index is 13.0. The Balaban J connectivity index is 1.63. The third-order valence-electron chi connectivity index (χ3n) is 5.49. The molecular weight excluding hydrogens is 388 g/mol. The summed E-state index contributed by atoms with van der Waals surface area (Å²) in [7, 11) is 3.26. The standard InChI is InChI=1S/C23H29ClN2O3/c1-16(20-13-19(28-2)10-11-22(20)29-3)25-23(27)18-8-6-12-26(15-18)14-17-7-4-5-9-21(17)24/h4-5,7,9-11,13,16,18H,6,8,12,14-15H2,1-3H3,(H,25,27)/t16-,18+/m0/s1. The molecule has 1 N–H and O–H groups in total. The number of benzene rings is 2. The molecule has 3 rings (SSSR count). The van der Waals surface area contributed by atoms with E-state index in [0.717, 1.165) is 60.1 Å². The van der Waals surface area contributed by atoms with E-state index in [-0.39, 0.29) is 17.9 Å². The Morgan fingerprint density at radius 1 is 1.24 bits per heavy atom. The SMILES string of the molecule is COc1ccc(OC)c([C@H](C)NC(=O)[C@@H]2CCCN(Cc3ccccc3Cl)C2)c1. The number of ether oxygens (including phenoxy) is 2. The van der Waals surface area contributed by atoms with Crippen molar-refractivity contribution in [1.29, 1.82) is 0 Å². The first-order valence-corrected chi connectivity index (χ1v) is 10.4. The largest absolute Gasteiger partial charge is 0.497 e. The van der Waals surface area contributed by atoms with Crippen LogP contribution in [0.2, 0.25) is 5.02 Å². The maximum absolute atomic E-state index is 13.0. The van der Waals surface area contributed by atoms with Crippen LogP contribution in [0.25, 0.3) is 0 Å². The molecule has 2 atom stereocenters. The van der Waals surface area contributed by atoms with Crippen molar-refractivity contribution in [2.24, 2.45) is 5.92 Å². The number of hydrogen-bond acceptors (Lipinski definition) is 4. The summed E-state index contributed by atoms with van der Waals surface area (Å²) in [4.78, 5) is 15.3. The number of methoxy groups -OCH3 is 2. The molecule has 1 heterocycles. The Morgan fingerprint density at radius 3 is 2.76 bits per heavy atom. The zero-order chi connectivity index (χ0) is 20.8. The highest BCUT2D eigenvalue weighted by atomic mass is 35.5. The number of rotatable bonds is 7. The van der Waals surface area contributed by atoms with E-state index < -0.39 is 0 Å². The molecular formula is C23H29ClN2O3. The van der Waals surface area contributed by atoms with E-state index in [2.05, 4.69) is 10.2 Å². The van der Waals surface area contributed by atoms with Gasteiger partial charge in [-0.05, 0) is 56.1 Å². The van der Waals surface area contributed by atoms with Crippen LogP contribution in [-0.4, -0.2) is 38.1 Å². The van der Waals surface area contributed by atoms with Crippen molar-refractivity contribution >= 4 is 17.5 Å². The number of amides is 1. The summed E-state index contributed by atoms with van der Waals surface area (Å²) in [5.41, 5.74) is 2.01. The third kappa shape index (κ3) is 5.43. The molecule has 2 aromatic rings. The van der Waals surface area contributed by atoms with E-state index in [1.807, 2.05) is 49.4 Å². The molecule has 6 heteroatoms. The molecule has 0 aromatic heterocycles. The Hall–Kier alpha value is -2.24. The fourth-order valence-corrected chi connectivity index (χ4v) is 4.06. The molecule has 0 bridgehead atoms. The van der Waals surface area contributed by atoms with Crippen molar-refractivity contribution in [2.45, 2.75) is 32.4 Å². The van der Waals surface area contributed by atoms with Crippen LogP contribution in [0.3, 0.4) is 0 Å². The van der Waals surface area contributed by atoms with Gasteiger partial charge < -0.3 is 14.8 Å². The molecule has 156 valence electrons. The number of carbonyl (C=O) groups excluding carboxylic acids is 1. The summed E-state index contributed by atoms with van der Waals surface area (Å²) in [6.45, 7) is 4.45. The summed E-state index contributed by atoms with van der Waals surface area (Å²) in [6, 6.07) is 13.3. The smallest absolute Gasteiger partial charge is 0.224 e. The van der Waals surface area contributed by atoms with Crippen molar-refractivity contribution in [3.8, 4) is 11.5 Å². The van der Waals surface area contributed by atoms with Gasteiger partial charge in [-0.25, -0.2) is 0 Å². The molecule has 29 heavy (non-hydrogen) atoms. The summed E-state index contributed by atoms with van der Waals surface area (Å²) in [5.74, 6) is 1.52. The van der Waals surface area contributed by atoms with Gasteiger partial charge >= 0.3 is 0 Å². The van der Waals surface area contributed by atoms with E-state index in [4.69, 9.17) is 21.1 Å². The zero-order valence-corrected chi connectivity index (χ0v) is 18.0. The number of piperidine rings is 1. The van der Waals surface area contributed by atoms with Crippen LogP contribution in [0.5, 0.6) is 11.5 Å². The van der Waals surface area contributed by atoms with Crippen LogP contribution in [0.15, 0.2) is 42.5 Å². The summed E-state index contributed by atoms with van der Waals surface area (Å²) < 4.78 is 10.8. The van der Waals surface area contributed by atoms with E-state index in [0.29, 0.717) is 0 Å². The molecule has 0 spiro atoms. The highest BCUT2D eigenvalue weighted by Gasteiger charge is 2.27. The van der Waals surface area contributed by atoms with Gasteiger partial charge in [0.15, 0.2) is 0 Å². The first kappa shape index (κ1) is 21.5. The van der Waals surface area contributed by atoms with Crippen LogP contribution in [0, 0.1) is 5.92 Å². The minimum Gasteiger partial charge on any atom is -0.497 e. The Bertz CT molecular complexity index is 843. The first-order chi connectivity index (χ1) is 14.0. The van der Waals surface area contributed by atoms with Gasteiger partial charge in [0, 0.05) is 23.7 Å². The normalized spacial score (nSPS) is 18.1. The van der Waals surface area contributed by atoms with Gasteiger partial charge in [0.1, 0.15) is 11.5 Å². The second-order valence-electron chi connectivity index (χ2n) is 7.50. The topological polar surface area (TPSA) is 50.8 Å². The summed E-state index contributed by atoms with van der Waals surface area (Å²) >= 11 is 6.30. The Labute approximate surface area is 177 Å². The zero-order valence-electron chi connectivity index (χ0n) is 17.3. The van der Waals surface area contributed by atoms with Crippen LogP contribution >= 0.6 is 11.6 Å². The van der Waals surface area contributed by atoms with Crippen LogP contribution in [0.1, 0.15) is 36.9 Å². The molecule has 5 nitrogen and oxygen atoms in total. The minimum atomic E-state index is -0.175. The van der Waals surface area contributed by atoms with Gasteiger partial charge in [0.2, 0.25) is 5.91 Å². The molecule has 2 aromatic carbocycles. The predicted octanol–water partition coefficient (Wildman–Crippen LogP) is 4.45. The number of carbonyl (C=O) groups is 1. The van der Waals surface area contributed by atoms with E-state index in [9.17, 15) is 4.79 Å².